The Balaban J connectivity index is 2.93. The molecule has 0 aromatic carbocycles. The number of nitrogens with zero attached hydrogens (tertiary/aromatic N) is 3. The van der Waals surface area contributed by atoms with E-state index >= 15 is 0 Å². The van der Waals surface area contributed by atoms with Crippen LogP contribution >= 0.6 is 0 Å². The maximum atomic E-state index is 9.28. The van der Waals surface area contributed by atoms with Crippen molar-refractivity contribution in [1.82, 2.24) is 14.8 Å². The molecule has 0 saturated heterocycles. The van der Waals surface area contributed by atoms with Crippen LogP contribution in [0.5, 0.6) is 0 Å². The molecule has 0 amide bonds. The Bertz CT molecular complexity index is 245. The number of hydrogen-bond acceptors (Lipinski definition) is 4. The molecule has 1 aromatic heterocycles. The molecule has 11 heavy (non-hydrogen) atoms. The zero-order valence-electron chi connectivity index (χ0n) is 6.65. The summed E-state index contributed by atoms with van der Waals surface area (Å²) in [6.45, 7) is 1.94. The van der Waals surface area contributed by atoms with Crippen LogP contribution in [0.4, 0.5) is 0 Å². The minimum Gasteiger partial charge on any atom is -0.384 e. The van der Waals surface area contributed by atoms with Crippen LogP contribution in [0.15, 0.2) is 0 Å². The summed E-state index contributed by atoms with van der Waals surface area (Å²) in [5.41, 5.74) is 5.25. The fourth-order valence-corrected chi connectivity index (χ4v) is 0.924. The summed E-state index contributed by atoms with van der Waals surface area (Å²) in [5.74, 6) is 1.17. The highest BCUT2D eigenvalue weighted by atomic mass is 16.3. The average molecular weight is 156 g/mol. The van der Waals surface area contributed by atoms with E-state index in [1.54, 1.807) is 14.0 Å². The van der Waals surface area contributed by atoms with Crippen LogP contribution < -0.4 is 5.73 Å². The van der Waals surface area contributed by atoms with Crippen molar-refractivity contribution in [2.45, 2.75) is 13.0 Å². The van der Waals surface area contributed by atoms with Crippen LogP contribution in [0.3, 0.4) is 0 Å². The molecule has 1 atom stereocenters. The first-order chi connectivity index (χ1) is 5.15. The molecule has 0 aliphatic carbocycles. The quantitative estimate of drug-likeness (QED) is 0.582. The molecule has 0 fully saturated rings. The summed E-state index contributed by atoms with van der Waals surface area (Å²) in [6.07, 6.45) is -0.707. The second kappa shape index (κ2) is 2.98. The molecule has 1 heterocycles. The Hall–Kier alpha value is -0.940. The van der Waals surface area contributed by atoms with Gasteiger partial charge >= 0.3 is 0 Å². The molecule has 3 N–H and O–H groups in total. The van der Waals surface area contributed by atoms with Crippen molar-refractivity contribution in [2.24, 2.45) is 12.8 Å². The van der Waals surface area contributed by atoms with Crippen molar-refractivity contribution in [1.29, 1.82) is 0 Å². The van der Waals surface area contributed by atoms with Gasteiger partial charge in [-0.15, -0.1) is 0 Å². The molecule has 0 radical (unpaired) electrons. The van der Waals surface area contributed by atoms with Gasteiger partial charge in [0.15, 0.2) is 5.82 Å². The van der Waals surface area contributed by atoms with Gasteiger partial charge < -0.3 is 10.8 Å². The lowest BCUT2D eigenvalue weighted by Gasteiger charge is -2.04. The Morgan fingerprint density at radius 2 is 2.36 bits per heavy atom. The summed E-state index contributed by atoms with van der Waals surface area (Å²) in [5, 5.41) is 13.2. The summed E-state index contributed by atoms with van der Waals surface area (Å²) >= 11 is 0. The van der Waals surface area contributed by atoms with Crippen molar-refractivity contribution in [3.8, 4) is 0 Å². The lowest BCUT2D eigenvalue weighted by atomic mass is 10.3. The van der Waals surface area contributed by atoms with Crippen molar-refractivity contribution >= 4 is 0 Å². The summed E-state index contributed by atoms with van der Waals surface area (Å²) in [7, 11) is 1.73. The largest absolute Gasteiger partial charge is 0.384 e. The van der Waals surface area contributed by atoms with Crippen LogP contribution in [0.25, 0.3) is 0 Å². The van der Waals surface area contributed by atoms with E-state index in [0.717, 1.165) is 0 Å². The molecule has 0 aliphatic rings. The van der Waals surface area contributed by atoms with E-state index in [9.17, 15) is 5.11 Å². The molecule has 0 saturated carbocycles. The molecular weight excluding hydrogens is 144 g/mol. The molecule has 0 spiro atoms. The molecule has 1 unspecified atom stereocenters. The predicted molar refractivity (Wildman–Crippen MR) is 39.8 cm³/mol. The third kappa shape index (κ3) is 1.55. The van der Waals surface area contributed by atoms with Gasteiger partial charge in [-0.3, -0.25) is 4.68 Å². The molecular formula is C6H12N4O. The predicted octanol–water partition coefficient (Wildman–Crippen LogP) is -0.884. The number of aliphatic hydroxyl groups is 1. The summed E-state index contributed by atoms with van der Waals surface area (Å²) in [4.78, 5) is 4.00. The van der Waals surface area contributed by atoms with Crippen molar-refractivity contribution in [2.75, 3.05) is 6.54 Å². The minimum absolute atomic E-state index is 0.173. The molecule has 0 bridgehead atoms. The van der Waals surface area contributed by atoms with Gasteiger partial charge in [0.2, 0.25) is 0 Å². The van der Waals surface area contributed by atoms with Crippen LogP contribution in [-0.2, 0) is 7.05 Å². The minimum atomic E-state index is -0.707. The number of nitrogens with two attached hydrogens (primary N) is 1. The normalized spacial score (nSPS) is 13.5. The van der Waals surface area contributed by atoms with Gasteiger partial charge in [-0.05, 0) is 6.92 Å². The number of rotatable bonds is 2. The first-order valence-electron chi connectivity index (χ1n) is 3.41. The van der Waals surface area contributed by atoms with Crippen LogP contribution in [0.2, 0.25) is 0 Å². The summed E-state index contributed by atoms with van der Waals surface area (Å²) < 4.78 is 1.53. The topological polar surface area (TPSA) is 77.0 Å². The van der Waals surface area contributed by atoms with E-state index in [1.807, 2.05) is 0 Å². The number of aliphatic hydroxyl groups excluding tert-OH is 1. The van der Waals surface area contributed by atoms with Gasteiger partial charge in [0.1, 0.15) is 11.9 Å². The zero-order valence-corrected chi connectivity index (χ0v) is 6.65. The molecule has 62 valence electrons. The van der Waals surface area contributed by atoms with E-state index in [2.05, 4.69) is 10.1 Å². The van der Waals surface area contributed by atoms with E-state index in [0.29, 0.717) is 11.6 Å². The highest BCUT2D eigenvalue weighted by molar-refractivity contribution is 4.94. The van der Waals surface area contributed by atoms with E-state index in [1.165, 1.54) is 4.68 Å². The molecule has 0 aliphatic heterocycles. The highest BCUT2D eigenvalue weighted by Gasteiger charge is 2.11. The average Bonchev–Trinajstić information content (AvgIpc) is 2.28. The third-order valence-electron chi connectivity index (χ3n) is 1.42. The van der Waals surface area contributed by atoms with Gasteiger partial charge in [0.25, 0.3) is 0 Å². The van der Waals surface area contributed by atoms with Gasteiger partial charge in [-0.25, -0.2) is 4.98 Å². The fraction of sp³-hybridized carbons (Fsp3) is 0.667. The standard InChI is InChI=1S/C6H12N4O/c1-4-8-6(5(11)3-7)10(2)9-4/h5,11H,3,7H2,1-2H3. The van der Waals surface area contributed by atoms with Gasteiger partial charge in [-0.2, -0.15) is 5.10 Å². The molecule has 1 aromatic rings. The van der Waals surface area contributed by atoms with Gasteiger partial charge in [0, 0.05) is 13.6 Å². The van der Waals surface area contributed by atoms with Crippen LogP contribution in [0.1, 0.15) is 17.8 Å². The zero-order chi connectivity index (χ0) is 8.43. The first kappa shape index (κ1) is 8.16. The number of aromatic nitrogens is 3. The number of aryl methyl sites for hydroxylation is 2. The highest BCUT2D eigenvalue weighted by Crippen LogP contribution is 2.06. The SMILES string of the molecule is Cc1nc(C(O)CN)n(C)n1. The van der Waals surface area contributed by atoms with Crippen molar-refractivity contribution < 1.29 is 5.11 Å². The molecule has 1 rings (SSSR count). The molecule has 5 heteroatoms. The Labute approximate surface area is 64.9 Å². The smallest absolute Gasteiger partial charge is 0.157 e. The second-order valence-corrected chi connectivity index (χ2v) is 2.39. The van der Waals surface area contributed by atoms with Crippen molar-refractivity contribution in [3.05, 3.63) is 11.6 Å². The van der Waals surface area contributed by atoms with Crippen LogP contribution in [-0.4, -0.2) is 26.4 Å². The van der Waals surface area contributed by atoms with E-state index in [-0.39, 0.29) is 6.54 Å². The second-order valence-electron chi connectivity index (χ2n) is 2.39. The molecule has 5 nitrogen and oxygen atoms in total. The van der Waals surface area contributed by atoms with Crippen LogP contribution in [0, 0.1) is 6.92 Å². The van der Waals surface area contributed by atoms with E-state index in [4.69, 9.17) is 5.73 Å². The summed E-state index contributed by atoms with van der Waals surface area (Å²) in [6, 6.07) is 0. The lowest BCUT2D eigenvalue weighted by Crippen LogP contribution is -2.15. The van der Waals surface area contributed by atoms with E-state index < -0.39 is 6.10 Å². The van der Waals surface area contributed by atoms with Gasteiger partial charge in [0.05, 0.1) is 0 Å². The first-order valence-corrected chi connectivity index (χ1v) is 3.41. The maximum Gasteiger partial charge on any atom is 0.157 e. The maximum absolute atomic E-state index is 9.28. The Morgan fingerprint density at radius 1 is 1.73 bits per heavy atom. The monoisotopic (exact) mass is 156 g/mol. The fourth-order valence-electron chi connectivity index (χ4n) is 0.924. The van der Waals surface area contributed by atoms with Crippen molar-refractivity contribution in [3.63, 3.8) is 0 Å². The van der Waals surface area contributed by atoms with Gasteiger partial charge in [-0.1, -0.05) is 0 Å². The Morgan fingerprint density at radius 3 is 2.73 bits per heavy atom. The third-order valence-corrected chi connectivity index (χ3v) is 1.42. The number of hydrogen-bond donors (Lipinski definition) is 2. The lowest BCUT2D eigenvalue weighted by molar-refractivity contribution is 0.172. The Kier molecular flexibility index (Phi) is 2.21.